The second kappa shape index (κ2) is 9.66. The molecule has 0 bridgehead atoms. The number of nitrogens with zero attached hydrogens (tertiary/aromatic N) is 1. The molecule has 0 aliphatic rings. The largest absolute Gasteiger partial charge is 1.00 e. The van der Waals surface area contributed by atoms with Crippen LogP contribution in [0.5, 0.6) is 0 Å². The van der Waals surface area contributed by atoms with Gasteiger partial charge in [0.1, 0.15) is 14.2 Å². The zero-order valence-electron chi connectivity index (χ0n) is 12.3. The summed E-state index contributed by atoms with van der Waals surface area (Å²) in [4.78, 5) is 4.11. The minimum absolute atomic E-state index is 0. The number of fused-ring (bicyclic) bond motifs is 1. The van der Waals surface area contributed by atoms with Gasteiger partial charge in [-0.1, -0.05) is 12.1 Å². The first-order valence-electron chi connectivity index (χ1n) is 5.46. The molecule has 23 heavy (non-hydrogen) atoms. The van der Waals surface area contributed by atoms with Crippen molar-refractivity contribution in [3.8, 4) is 0 Å². The fourth-order valence-electron chi connectivity index (χ4n) is 1.72. The maximum atomic E-state index is 11.3. The fourth-order valence-corrected chi connectivity index (χ4v) is 5.60. The number of benzene rings is 1. The Hall–Kier alpha value is 2.55. The molecule has 0 saturated carbocycles. The summed E-state index contributed by atoms with van der Waals surface area (Å²) in [5.41, 5.74) is 0.585. The van der Waals surface area contributed by atoms with Crippen molar-refractivity contribution < 1.29 is 129 Å². The van der Waals surface area contributed by atoms with Crippen molar-refractivity contribution >= 4 is 54.4 Å². The zero-order valence-corrected chi connectivity index (χ0v) is 21.9. The van der Waals surface area contributed by atoms with E-state index in [1.807, 2.05) is 0 Å². The number of rotatable bonds is 5. The van der Waals surface area contributed by atoms with E-state index in [4.69, 9.17) is 0 Å². The van der Waals surface area contributed by atoms with Crippen LogP contribution < -0.4 is 103 Å². The van der Waals surface area contributed by atoms with Gasteiger partial charge in [0.15, 0.2) is 0 Å². The van der Waals surface area contributed by atoms with Gasteiger partial charge in [-0.2, -0.15) is 12.6 Å². The summed E-state index contributed by atoms with van der Waals surface area (Å²) in [5.74, 6) is -1.41. The number of aromatic nitrogens is 1. The SMILES string of the molecule is O=S(=O)([O-])CC(S)(Cc1nc2ccccc2s1)S(=O)(=O)[O-].[K+].[K+]. The summed E-state index contributed by atoms with van der Waals surface area (Å²) >= 11 is 4.78. The van der Waals surface area contributed by atoms with Crippen molar-refractivity contribution in [1.29, 1.82) is 0 Å². The van der Waals surface area contributed by atoms with E-state index in [9.17, 15) is 25.9 Å². The Morgan fingerprint density at radius 1 is 1.13 bits per heavy atom. The minimum atomic E-state index is -5.13. The van der Waals surface area contributed by atoms with E-state index in [1.165, 1.54) is 0 Å². The predicted octanol–water partition coefficient (Wildman–Crippen LogP) is -5.44. The van der Waals surface area contributed by atoms with Gasteiger partial charge in [0, 0.05) is 6.42 Å². The topological polar surface area (TPSA) is 127 Å². The van der Waals surface area contributed by atoms with Crippen LogP contribution in [0.15, 0.2) is 24.3 Å². The Kier molecular flexibility index (Phi) is 10.7. The van der Waals surface area contributed by atoms with Gasteiger partial charge in [-0.15, -0.1) is 11.3 Å². The van der Waals surface area contributed by atoms with E-state index in [1.54, 1.807) is 24.3 Å². The molecule has 1 aromatic carbocycles. The Morgan fingerprint density at radius 2 is 1.70 bits per heavy atom. The van der Waals surface area contributed by atoms with E-state index in [0.29, 0.717) is 5.52 Å². The van der Waals surface area contributed by atoms with Crippen molar-refractivity contribution in [3.63, 3.8) is 0 Å². The van der Waals surface area contributed by atoms with Crippen LogP contribution in [0.2, 0.25) is 0 Å². The quantitative estimate of drug-likeness (QED) is 0.276. The summed E-state index contributed by atoms with van der Waals surface area (Å²) in [6.45, 7) is 0. The van der Waals surface area contributed by atoms with Gasteiger partial charge in [0.05, 0.1) is 31.1 Å². The van der Waals surface area contributed by atoms with Crippen LogP contribution in [0.1, 0.15) is 5.01 Å². The molecular formula is C10H9K2NO6S4. The van der Waals surface area contributed by atoms with Gasteiger partial charge >= 0.3 is 103 Å². The Bertz CT molecular complexity index is 849. The molecule has 0 fully saturated rings. The standard InChI is InChI=1S/C10H11NO6S4.2K/c12-20(13,14)6-10(18,21(15,16)17)5-9-11-7-3-1-2-4-8(7)19-9;;/h1-4,18H,5-6H2,(H,12,13,14)(H,15,16,17);;/q;2*+1/p-2. The van der Waals surface area contributed by atoms with Crippen LogP contribution in [0.4, 0.5) is 0 Å². The number of hydrogen-bond donors (Lipinski definition) is 1. The van der Waals surface area contributed by atoms with Gasteiger partial charge in [0.2, 0.25) is 0 Å². The molecule has 0 amide bonds. The summed E-state index contributed by atoms with van der Waals surface area (Å²) < 4.78 is 64.6. The van der Waals surface area contributed by atoms with Gasteiger partial charge in [-0.25, -0.2) is 21.8 Å². The van der Waals surface area contributed by atoms with E-state index in [0.717, 1.165) is 16.0 Å². The predicted molar refractivity (Wildman–Crippen MR) is 79.3 cm³/mol. The summed E-state index contributed by atoms with van der Waals surface area (Å²) in [7, 11) is -10.1. The molecule has 2 rings (SSSR count). The first kappa shape index (κ1) is 25.6. The van der Waals surface area contributed by atoms with Crippen LogP contribution >= 0.6 is 24.0 Å². The molecule has 0 N–H and O–H groups in total. The van der Waals surface area contributed by atoms with Crippen molar-refractivity contribution in [3.05, 3.63) is 29.3 Å². The molecule has 0 spiro atoms. The van der Waals surface area contributed by atoms with Gasteiger partial charge in [-0.05, 0) is 12.1 Å². The third-order valence-electron chi connectivity index (χ3n) is 2.63. The number of hydrogen-bond acceptors (Lipinski definition) is 9. The van der Waals surface area contributed by atoms with Crippen molar-refractivity contribution in [2.75, 3.05) is 5.75 Å². The summed E-state index contributed by atoms with van der Waals surface area (Å²) in [6, 6.07) is 6.91. The maximum Gasteiger partial charge on any atom is 1.00 e. The molecule has 2 aromatic rings. The van der Waals surface area contributed by atoms with Crippen molar-refractivity contribution in [1.82, 2.24) is 4.98 Å². The van der Waals surface area contributed by atoms with Crippen LogP contribution in [0.3, 0.4) is 0 Å². The first-order chi connectivity index (χ1) is 9.50. The summed E-state index contributed by atoms with van der Waals surface area (Å²) in [5, 5.41) is 0.217. The van der Waals surface area contributed by atoms with E-state index in [-0.39, 0.29) is 108 Å². The Balaban J connectivity index is 0.00000242. The smallest absolute Gasteiger partial charge is 0.748 e. The second-order valence-corrected chi connectivity index (χ2v) is 9.72. The Morgan fingerprint density at radius 3 is 2.17 bits per heavy atom. The summed E-state index contributed by atoms with van der Waals surface area (Å²) in [6.07, 6.45) is -0.553. The molecule has 1 atom stereocenters. The molecule has 116 valence electrons. The second-order valence-electron chi connectivity index (χ2n) is 4.35. The molecule has 1 heterocycles. The minimum Gasteiger partial charge on any atom is -0.748 e. The van der Waals surface area contributed by atoms with Gasteiger partial charge < -0.3 is 9.11 Å². The normalized spacial score (nSPS) is 14.6. The fraction of sp³-hybridized carbons (Fsp3) is 0.300. The van der Waals surface area contributed by atoms with E-state index in [2.05, 4.69) is 17.6 Å². The molecule has 1 aromatic heterocycles. The van der Waals surface area contributed by atoms with Crippen molar-refractivity contribution in [2.24, 2.45) is 0 Å². The molecule has 1 unspecified atom stereocenters. The maximum absolute atomic E-state index is 11.3. The average Bonchev–Trinajstić information content (AvgIpc) is 2.66. The molecular weight excluding hydrogens is 437 g/mol. The first-order valence-corrected chi connectivity index (χ1v) is 9.71. The Labute approximate surface area is 228 Å². The van der Waals surface area contributed by atoms with Crippen LogP contribution in [-0.2, 0) is 26.7 Å². The number of thiol groups is 1. The molecule has 0 saturated heterocycles. The number of para-hydroxylation sites is 1. The molecule has 7 nitrogen and oxygen atoms in total. The van der Waals surface area contributed by atoms with Gasteiger partial charge in [-0.3, -0.25) is 0 Å². The molecule has 0 aliphatic heterocycles. The third kappa shape index (κ3) is 7.23. The van der Waals surface area contributed by atoms with E-state index >= 15 is 0 Å². The van der Waals surface area contributed by atoms with E-state index < -0.39 is 36.5 Å². The van der Waals surface area contributed by atoms with Crippen LogP contribution in [0, 0.1) is 0 Å². The molecule has 13 heteroatoms. The third-order valence-corrected chi connectivity index (χ3v) is 7.12. The van der Waals surface area contributed by atoms with Crippen LogP contribution in [0.25, 0.3) is 10.2 Å². The van der Waals surface area contributed by atoms with Gasteiger partial charge in [0.25, 0.3) is 0 Å². The number of thiazole rings is 1. The molecule has 0 radical (unpaired) electrons. The monoisotopic (exact) mass is 445 g/mol. The average molecular weight is 446 g/mol. The van der Waals surface area contributed by atoms with Crippen LogP contribution in [-0.4, -0.2) is 40.8 Å². The molecule has 0 aliphatic carbocycles. The zero-order chi connectivity index (χ0) is 15.9. The van der Waals surface area contributed by atoms with Crippen molar-refractivity contribution in [2.45, 2.75) is 10.5 Å².